The van der Waals surface area contributed by atoms with Crippen molar-refractivity contribution in [1.29, 1.82) is 0 Å². The summed E-state index contributed by atoms with van der Waals surface area (Å²) in [5.41, 5.74) is 1.20. The Morgan fingerprint density at radius 2 is 2.06 bits per heavy atom. The summed E-state index contributed by atoms with van der Waals surface area (Å²) in [6.45, 7) is 2.24. The summed E-state index contributed by atoms with van der Waals surface area (Å²) < 4.78 is 0. The first-order valence-corrected chi connectivity index (χ1v) is 6.50. The van der Waals surface area contributed by atoms with Gasteiger partial charge >= 0.3 is 0 Å². The number of hydrogen-bond acceptors (Lipinski definition) is 2. The Morgan fingerprint density at radius 1 is 1.38 bits per heavy atom. The maximum absolute atomic E-state index is 10.6. The zero-order valence-electron chi connectivity index (χ0n) is 9.69. The van der Waals surface area contributed by atoms with E-state index in [0.29, 0.717) is 6.54 Å². The van der Waals surface area contributed by atoms with E-state index in [-0.39, 0.29) is 5.91 Å². The lowest BCUT2D eigenvalue weighted by Crippen LogP contribution is -2.20. The number of benzene rings is 1. The molecule has 0 aromatic heterocycles. The van der Waals surface area contributed by atoms with Crippen LogP contribution in [0.4, 0.5) is 0 Å². The molecule has 0 unspecified atom stereocenters. The van der Waals surface area contributed by atoms with Crippen LogP contribution in [0.25, 0.3) is 6.08 Å². The van der Waals surface area contributed by atoms with Crippen molar-refractivity contribution in [2.24, 2.45) is 0 Å². The van der Waals surface area contributed by atoms with Gasteiger partial charge in [-0.1, -0.05) is 24.3 Å². The normalized spacial score (nSPS) is 10.6. The van der Waals surface area contributed by atoms with Crippen LogP contribution in [0.1, 0.15) is 18.9 Å². The topological polar surface area (TPSA) is 29.1 Å². The van der Waals surface area contributed by atoms with E-state index < -0.39 is 0 Å². The molecule has 86 valence electrons. The molecule has 0 bridgehead atoms. The van der Waals surface area contributed by atoms with Gasteiger partial charge in [0.2, 0.25) is 5.91 Å². The Bertz CT molecular complexity index is 357. The number of carbonyl (C=O) groups is 1. The van der Waals surface area contributed by atoms with Crippen molar-refractivity contribution < 1.29 is 4.79 Å². The van der Waals surface area contributed by atoms with Crippen LogP contribution in [0.5, 0.6) is 0 Å². The predicted molar refractivity (Wildman–Crippen MR) is 70.6 cm³/mol. The molecule has 1 N–H and O–H groups in total. The molecule has 1 rings (SSSR count). The quantitative estimate of drug-likeness (QED) is 0.628. The highest BCUT2D eigenvalue weighted by atomic mass is 32.2. The van der Waals surface area contributed by atoms with Crippen LogP contribution in [0.15, 0.2) is 35.2 Å². The monoisotopic (exact) mass is 235 g/mol. The average Bonchev–Trinajstić information content (AvgIpc) is 2.29. The number of rotatable bonds is 5. The van der Waals surface area contributed by atoms with Crippen molar-refractivity contribution in [3.63, 3.8) is 0 Å². The molecule has 0 aliphatic heterocycles. The second-order valence-electron chi connectivity index (χ2n) is 3.45. The third kappa shape index (κ3) is 5.03. The number of hydrogen-bond donors (Lipinski definition) is 1. The molecule has 0 aliphatic rings. The first kappa shape index (κ1) is 12.8. The highest BCUT2D eigenvalue weighted by Gasteiger charge is 1.90. The molecule has 0 heterocycles. The Labute approximate surface area is 101 Å². The van der Waals surface area contributed by atoms with Gasteiger partial charge in [-0.25, -0.2) is 0 Å². The van der Waals surface area contributed by atoms with Crippen LogP contribution in [-0.2, 0) is 4.79 Å². The van der Waals surface area contributed by atoms with Crippen LogP contribution < -0.4 is 5.32 Å². The summed E-state index contributed by atoms with van der Waals surface area (Å²) in [4.78, 5) is 11.9. The first-order valence-electron chi connectivity index (χ1n) is 5.27. The summed E-state index contributed by atoms with van der Waals surface area (Å²) in [6.07, 6.45) is 7.08. The van der Waals surface area contributed by atoms with E-state index in [4.69, 9.17) is 0 Å². The molecule has 0 spiro atoms. The average molecular weight is 235 g/mol. The van der Waals surface area contributed by atoms with Crippen molar-refractivity contribution in [3.8, 4) is 0 Å². The second-order valence-corrected chi connectivity index (χ2v) is 4.33. The molecule has 3 heteroatoms. The Morgan fingerprint density at radius 3 is 2.62 bits per heavy atom. The minimum Gasteiger partial charge on any atom is -0.356 e. The number of nitrogens with one attached hydrogen (secondary N) is 1. The number of carbonyl (C=O) groups excluding carboxylic acids is 1. The third-order valence-corrected chi connectivity index (χ3v) is 2.85. The zero-order chi connectivity index (χ0) is 11.8. The van der Waals surface area contributed by atoms with Crippen LogP contribution in [0.2, 0.25) is 0 Å². The lowest BCUT2D eigenvalue weighted by molar-refractivity contribution is -0.118. The first-order chi connectivity index (χ1) is 7.72. The lowest BCUT2D eigenvalue weighted by Gasteiger charge is -1.98. The summed E-state index contributed by atoms with van der Waals surface area (Å²) in [6, 6.07) is 8.41. The van der Waals surface area contributed by atoms with Crippen molar-refractivity contribution in [1.82, 2.24) is 5.32 Å². The van der Waals surface area contributed by atoms with Gasteiger partial charge in [0.15, 0.2) is 0 Å². The second kappa shape index (κ2) is 7.12. The molecule has 0 aliphatic carbocycles. The Kier molecular flexibility index (Phi) is 5.72. The van der Waals surface area contributed by atoms with Gasteiger partial charge in [0, 0.05) is 18.4 Å². The fourth-order valence-corrected chi connectivity index (χ4v) is 1.67. The Hall–Kier alpha value is -1.22. The van der Waals surface area contributed by atoms with E-state index in [2.05, 4.69) is 48.0 Å². The molecule has 2 nitrogen and oxygen atoms in total. The number of thioether (sulfide) groups is 1. The van der Waals surface area contributed by atoms with Gasteiger partial charge in [-0.05, 0) is 30.4 Å². The van der Waals surface area contributed by atoms with Crippen LogP contribution in [0.3, 0.4) is 0 Å². The standard InChI is InChI=1S/C13H17NOS/c1-11(15)14-10-4-3-5-12-6-8-13(16-2)9-7-12/h3,5-9H,4,10H2,1-2H3,(H,14,15). The molecule has 0 saturated carbocycles. The highest BCUT2D eigenvalue weighted by molar-refractivity contribution is 7.98. The maximum atomic E-state index is 10.6. The van der Waals surface area contributed by atoms with Gasteiger partial charge in [-0.15, -0.1) is 11.8 Å². The number of amides is 1. The van der Waals surface area contributed by atoms with Gasteiger partial charge in [-0.2, -0.15) is 0 Å². The zero-order valence-corrected chi connectivity index (χ0v) is 10.5. The molecular formula is C13H17NOS. The van der Waals surface area contributed by atoms with Crippen molar-refractivity contribution in [3.05, 3.63) is 35.9 Å². The highest BCUT2D eigenvalue weighted by Crippen LogP contribution is 2.15. The van der Waals surface area contributed by atoms with Crippen molar-refractivity contribution >= 4 is 23.7 Å². The molecule has 16 heavy (non-hydrogen) atoms. The molecule has 1 aromatic rings. The fraction of sp³-hybridized carbons (Fsp3) is 0.308. The molecule has 1 amide bonds. The van der Waals surface area contributed by atoms with E-state index >= 15 is 0 Å². The molecule has 1 aromatic carbocycles. The Balaban J connectivity index is 2.35. The SMILES string of the molecule is CSc1ccc(C=CCCNC(C)=O)cc1. The van der Waals surface area contributed by atoms with E-state index in [9.17, 15) is 4.79 Å². The summed E-state index contributed by atoms with van der Waals surface area (Å²) >= 11 is 1.74. The minimum absolute atomic E-state index is 0.0257. The van der Waals surface area contributed by atoms with E-state index in [1.807, 2.05) is 0 Å². The lowest BCUT2D eigenvalue weighted by atomic mass is 10.2. The van der Waals surface area contributed by atoms with E-state index in [1.165, 1.54) is 17.4 Å². The van der Waals surface area contributed by atoms with Crippen LogP contribution in [-0.4, -0.2) is 18.7 Å². The molecule has 0 fully saturated rings. The molecule has 0 saturated heterocycles. The van der Waals surface area contributed by atoms with Crippen molar-refractivity contribution in [2.45, 2.75) is 18.2 Å². The molecular weight excluding hydrogens is 218 g/mol. The summed E-state index contributed by atoms with van der Waals surface area (Å²) in [5, 5.41) is 2.76. The van der Waals surface area contributed by atoms with E-state index in [1.54, 1.807) is 11.8 Å². The maximum Gasteiger partial charge on any atom is 0.216 e. The smallest absolute Gasteiger partial charge is 0.216 e. The summed E-state index contributed by atoms with van der Waals surface area (Å²) in [5.74, 6) is 0.0257. The third-order valence-electron chi connectivity index (χ3n) is 2.11. The van der Waals surface area contributed by atoms with Gasteiger partial charge < -0.3 is 5.32 Å². The van der Waals surface area contributed by atoms with Crippen LogP contribution >= 0.6 is 11.8 Å². The minimum atomic E-state index is 0.0257. The summed E-state index contributed by atoms with van der Waals surface area (Å²) in [7, 11) is 0. The van der Waals surface area contributed by atoms with Gasteiger partial charge in [-0.3, -0.25) is 4.79 Å². The van der Waals surface area contributed by atoms with Crippen molar-refractivity contribution in [2.75, 3.05) is 12.8 Å². The fourth-order valence-electron chi connectivity index (χ4n) is 1.27. The van der Waals surface area contributed by atoms with E-state index in [0.717, 1.165) is 6.42 Å². The van der Waals surface area contributed by atoms with Gasteiger partial charge in [0.1, 0.15) is 0 Å². The van der Waals surface area contributed by atoms with Gasteiger partial charge in [0.25, 0.3) is 0 Å². The molecule has 0 atom stereocenters. The van der Waals surface area contributed by atoms with Crippen LogP contribution in [0, 0.1) is 0 Å². The predicted octanol–water partition coefficient (Wildman–Crippen LogP) is 2.95. The molecule has 0 radical (unpaired) electrons. The largest absolute Gasteiger partial charge is 0.356 e. The van der Waals surface area contributed by atoms with Gasteiger partial charge in [0.05, 0.1) is 0 Å².